The number of aliphatic hydroxyl groups excluding tert-OH is 1. The van der Waals surface area contributed by atoms with Gasteiger partial charge in [0.1, 0.15) is 0 Å². The van der Waals surface area contributed by atoms with Crippen molar-refractivity contribution >= 4 is 6.41 Å². The van der Waals surface area contributed by atoms with Crippen LogP contribution < -0.4 is 0 Å². The lowest BCUT2D eigenvalue weighted by Gasteiger charge is -2.38. The van der Waals surface area contributed by atoms with Crippen molar-refractivity contribution in [3.8, 4) is 0 Å². The Morgan fingerprint density at radius 3 is 2.38 bits per heavy atom. The number of likely N-dealkylation sites (tertiary alicyclic amines) is 1. The third-order valence-electron chi connectivity index (χ3n) is 3.19. The maximum Gasteiger partial charge on any atom is 0.209 e. The Hall–Kier alpha value is -0.570. The second-order valence-corrected chi connectivity index (χ2v) is 4.56. The second-order valence-electron chi connectivity index (χ2n) is 4.56. The second kappa shape index (κ2) is 4.09. The van der Waals surface area contributed by atoms with E-state index in [-0.39, 0.29) is 12.0 Å². The van der Waals surface area contributed by atoms with Crippen LogP contribution in [0.15, 0.2) is 0 Å². The predicted octanol–water partition coefficient (Wildman–Crippen LogP) is 0.873. The monoisotopic (exact) mass is 185 g/mol. The maximum atomic E-state index is 10.5. The third-order valence-corrected chi connectivity index (χ3v) is 3.19. The summed E-state index contributed by atoms with van der Waals surface area (Å²) in [5.41, 5.74) is 0.00890. The molecule has 0 saturated carbocycles. The van der Waals surface area contributed by atoms with Crippen LogP contribution in [0.1, 0.15) is 26.7 Å². The fourth-order valence-electron chi connectivity index (χ4n) is 1.92. The summed E-state index contributed by atoms with van der Waals surface area (Å²) in [7, 11) is 0. The van der Waals surface area contributed by atoms with Crippen molar-refractivity contribution in [3.05, 3.63) is 0 Å². The van der Waals surface area contributed by atoms with Crippen molar-refractivity contribution in [2.24, 2.45) is 11.3 Å². The highest BCUT2D eigenvalue weighted by molar-refractivity contribution is 5.47. The van der Waals surface area contributed by atoms with Gasteiger partial charge < -0.3 is 10.0 Å². The van der Waals surface area contributed by atoms with Gasteiger partial charge in [-0.25, -0.2) is 0 Å². The van der Waals surface area contributed by atoms with Crippen LogP contribution in [0.25, 0.3) is 0 Å². The first-order chi connectivity index (χ1) is 6.10. The number of hydrogen-bond donors (Lipinski definition) is 1. The topological polar surface area (TPSA) is 40.5 Å². The van der Waals surface area contributed by atoms with Crippen LogP contribution in [0.2, 0.25) is 0 Å². The van der Waals surface area contributed by atoms with Crippen molar-refractivity contribution in [2.75, 3.05) is 19.7 Å². The molecule has 1 aliphatic heterocycles. The van der Waals surface area contributed by atoms with Crippen molar-refractivity contribution < 1.29 is 9.90 Å². The zero-order chi connectivity index (χ0) is 9.90. The molecule has 1 heterocycles. The van der Waals surface area contributed by atoms with Gasteiger partial charge in [0.05, 0.1) is 0 Å². The number of piperidine rings is 1. The molecule has 0 bridgehead atoms. The SMILES string of the molecule is CC(C)(CO)C1CCN(C=O)CC1. The molecule has 0 atom stereocenters. The van der Waals surface area contributed by atoms with Crippen LogP contribution in [-0.2, 0) is 4.79 Å². The average Bonchev–Trinajstić information content (AvgIpc) is 2.18. The summed E-state index contributed by atoms with van der Waals surface area (Å²) < 4.78 is 0. The Balaban J connectivity index is 2.44. The summed E-state index contributed by atoms with van der Waals surface area (Å²) in [6.07, 6.45) is 2.96. The minimum atomic E-state index is 0.00890. The van der Waals surface area contributed by atoms with Gasteiger partial charge in [-0.3, -0.25) is 4.79 Å². The first kappa shape index (κ1) is 10.5. The molecule has 0 spiro atoms. The molecule has 3 heteroatoms. The lowest BCUT2D eigenvalue weighted by atomic mass is 9.74. The molecule has 13 heavy (non-hydrogen) atoms. The molecule has 0 radical (unpaired) electrons. The zero-order valence-electron chi connectivity index (χ0n) is 8.49. The first-order valence-corrected chi connectivity index (χ1v) is 4.90. The highest BCUT2D eigenvalue weighted by Crippen LogP contribution is 2.33. The van der Waals surface area contributed by atoms with E-state index in [2.05, 4.69) is 13.8 Å². The van der Waals surface area contributed by atoms with E-state index >= 15 is 0 Å². The van der Waals surface area contributed by atoms with Gasteiger partial charge in [0.2, 0.25) is 6.41 Å². The number of nitrogens with zero attached hydrogens (tertiary/aromatic N) is 1. The number of carbonyl (C=O) groups excluding carboxylic acids is 1. The Bertz CT molecular complexity index is 172. The first-order valence-electron chi connectivity index (χ1n) is 4.90. The molecule has 3 nitrogen and oxygen atoms in total. The molecule has 0 aromatic heterocycles. The molecule has 0 unspecified atom stereocenters. The van der Waals surface area contributed by atoms with Gasteiger partial charge in [-0.05, 0) is 24.2 Å². The fraction of sp³-hybridized carbons (Fsp3) is 0.900. The summed E-state index contributed by atoms with van der Waals surface area (Å²) in [6, 6.07) is 0. The van der Waals surface area contributed by atoms with Crippen LogP contribution in [0.5, 0.6) is 0 Å². The fourth-order valence-corrected chi connectivity index (χ4v) is 1.92. The predicted molar refractivity (Wildman–Crippen MR) is 51.2 cm³/mol. The van der Waals surface area contributed by atoms with Crippen LogP contribution in [-0.4, -0.2) is 36.1 Å². The molecule has 1 fully saturated rings. The van der Waals surface area contributed by atoms with E-state index < -0.39 is 0 Å². The van der Waals surface area contributed by atoms with Crippen LogP contribution in [0, 0.1) is 11.3 Å². The standard InChI is InChI=1S/C10H19NO2/c1-10(2,7-12)9-3-5-11(8-13)6-4-9/h8-9,12H,3-7H2,1-2H3. The van der Waals surface area contributed by atoms with E-state index in [1.165, 1.54) is 0 Å². The van der Waals surface area contributed by atoms with Gasteiger partial charge in [-0.2, -0.15) is 0 Å². The van der Waals surface area contributed by atoms with Gasteiger partial charge in [-0.15, -0.1) is 0 Å². The highest BCUT2D eigenvalue weighted by Gasteiger charge is 2.31. The third kappa shape index (κ3) is 2.44. The molecule has 1 amide bonds. The lowest BCUT2D eigenvalue weighted by molar-refractivity contribution is -0.120. The van der Waals surface area contributed by atoms with Crippen LogP contribution in [0.3, 0.4) is 0 Å². The normalized spacial score (nSPS) is 20.4. The number of rotatable bonds is 3. The summed E-state index contributed by atoms with van der Waals surface area (Å²) in [5.74, 6) is 0.550. The Morgan fingerprint density at radius 2 is 2.00 bits per heavy atom. The molecule has 0 aromatic rings. The quantitative estimate of drug-likeness (QED) is 0.663. The van der Waals surface area contributed by atoms with Gasteiger partial charge in [0.15, 0.2) is 0 Å². The smallest absolute Gasteiger partial charge is 0.209 e. The average molecular weight is 185 g/mol. The van der Waals surface area contributed by atoms with Crippen molar-refractivity contribution in [3.63, 3.8) is 0 Å². The van der Waals surface area contributed by atoms with E-state index in [1.807, 2.05) is 4.90 Å². The number of amides is 1. The van der Waals surface area contributed by atoms with Crippen LogP contribution >= 0.6 is 0 Å². The summed E-state index contributed by atoms with van der Waals surface area (Å²) >= 11 is 0. The highest BCUT2D eigenvalue weighted by atomic mass is 16.3. The van der Waals surface area contributed by atoms with Crippen molar-refractivity contribution in [2.45, 2.75) is 26.7 Å². The number of aliphatic hydroxyl groups is 1. The minimum absolute atomic E-state index is 0.00890. The molecule has 1 N–H and O–H groups in total. The van der Waals surface area contributed by atoms with E-state index in [1.54, 1.807) is 0 Å². The van der Waals surface area contributed by atoms with Crippen LogP contribution in [0.4, 0.5) is 0 Å². The summed E-state index contributed by atoms with van der Waals surface area (Å²) in [4.78, 5) is 12.3. The van der Waals surface area contributed by atoms with Crippen molar-refractivity contribution in [1.82, 2.24) is 4.90 Å². The maximum absolute atomic E-state index is 10.5. The Kier molecular flexibility index (Phi) is 3.31. The molecule has 1 aliphatic rings. The lowest BCUT2D eigenvalue weighted by Crippen LogP contribution is -2.39. The summed E-state index contributed by atoms with van der Waals surface area (Å²) in [5, 5.41) is 9.19. The van der Waals surface area contributed by atoms with Gasteiger partial charge in [-0.1, -0.05) is 13.8 Å². The van der Waals surface area contributed by atoms with E-state index in [0.717, 1.165) is 32.3 Å². The van der Waals surface area contributed by atoms with E-state index in [0.29, 0.717) is 5.92 Å². The van der Waals surface area contributed by atoms with Gasteiger partial charge in [0.25, 0.3) is 0 Å². The molecule has 0 aliphatic carbocycles. The van der Waals surface area contributed by atoms with Gasteiger partial charge in [0, 0.05) is 19.7 Å². The largest absolute Gasteiger partial charge is 0.396 e. The summed E-state index contributed by atoms with van der Waals surface area (Å²) in [6.45, 7) is 6.11. The van der Waals surface area contributed by atoms with E-state index in [9.17, 15) is 9.90 Å². The Labute approximate surface area is 79.7 Å². The van der Waals surface area contributed by atoms with Crippen molar-refractivity contribution in [1.29, 1.82) is 0 Å². The molecular formula is C10H19NO2. The Morgan fingerprint density at radius 1 is 1.46 bits per heavy atom. The number of hydrogen-bond acceptors (Lipinski definition) is 2. The molecule has 0 aromatic carbocycles. The minimum Gasteiger partial charge on any atom is -0.396 e. The molecular weight excluding hydrogens is 166 g/mol. The molecule has 1 saturated heterocycles. The molecule has 76 valence electrons. The number of carbonyl (C=O) groups is 1. The van der Waals surface area contributed by atoms with E-state index in [4.69, 9.17) is 0 Å². The van der Waals surface area contributed by atoms with Gasteiger partial charge >= 0.3 is 0 Å². The molecule has 1 rings (SSSR count). The zero-order valence-corrected chi connectivity index (χ0v) is 8.49.